The van der Waals surface area contributed by atoms with Gasteiger partial charge < -0.3 is 0 Å². The Morgan fingerprint density at radius 1 is 0.487 bits per heavy atom. The Morgan fingerprint density at radius 2 is 0.872 bits per heavy atom. The van der Waals surface area contributed by atoms with Crippen LogP contribution in [-0.4, -0.2) is 56.1 Å². The Morgan fingerprint density at radius 3 is 1.28 bits per heavy atom. The molecule has 6 aliphatic carbocycles. The second-order valence-corrected chi connectivity index (χ2v) is 22.8. The lowest BCUT2D eigenvalue weighted by atomic mass is 9.68. The average molecular weight is 551 g/mol. The first-order valence-corrected chi connectivity index (χ1v) is 21.4. The zero-order valence-electron chi connectivity index (χ0n) is 26.5. The van der Waals surface area contributed by atoms with Crippen molar-refractivity contribution in [1.29, 1.82) is 0 Å². The molecule has 0 bridgehead atoms. The van der Waals surface area contributed by atoms with Gasteiger partial charge in [0.05, 0.1) is 8.07 Å². The molecule has 0 N–H and O–H groups in total. The Hall–Kier alpha value is 0.137. The van der Waals surface area contributed by atoms with E-state index >= 15 is 0 Å². The van der Waals surface area contributed by atoms with Gasteiger partial charge in [-0.25, -0.2) is 0 Å². The van der Waals surface area contributed by atoms with Crippen molar-refractivity contribution in [2.75, 3.05) is 14.1 Å². The normalized spacial score (nSPS) is 57.4. The summed E-state index contributed by atoms with van der Waals surface area (Å²) in [4.78, 5) is 6.20. The van der Waals surface area contributed by atoms with Gasteiger partial charge in [-0.2, -0.15) is 0 Å². The largest absolute Gasteiger partial charge is 0.300 e. The van der Waals surface area contributed by atoms with Gasteiger partial charge in [0.15, 0.2) is 0 Å². The summed E-state index contributed by atoms with van der Waals surface area (Å²) in [5.41, 5.74) is 2.14. The fourth-order valence-corrected chi connectivity index (χ4v) is 21.4. The second kappa shape index (κ2) is 9.57. The molecule has 8 fully saturated rings. The summed E-state index contributed by atoms with van der Waals surface area (Å²) in [7, 11) is 3.73. The van der Waals surface area contributed by atoms with E-state index in [0.29, 0.717) is 0 Å². The predicted molar refractivity (Wildman–Crippen MR) is 167 cm³/mol. The Labute approximate surface area is 242 Å². The van der Waals surface area contributed by atoms with Crippen LogP contribution in [0.2, 0.25) is 24.2 Å². The van der Waals surface area contributed by atoms with Gasteiger partial charge in [-0.15, -0.1) is 0 Å². The third-order valence-corrected chi connectivity index (χ3v) is 21.1. The number of nitrogens with zero attached hydrogens (tertiary/aromatic N) is 2. The lowest BCUT2D eigenvalue weighted by Crippen LogP contribution is -2.54. The Kier molecular flexibility index (Phi) is 6.56. The average Bonchev–Trinajstić information content (AvgIpc) is 3.61. The number of rotatable bonds is 2. The van der Waals surface area contributed by atoms with Crippen LogP contribution in [0.1, 0.15) is 104 Å². The fourth-order valence-electron chi connectivity index (χ4n) is 15.2. The maximum atomic E-state index is 3.10. The molecule has 16 atom stereocenters. The van der Waals surface area contributed by atoms with E-state index in [1.54, 1.807) is 64.2 Å². The van der Waals surface area contributed by atoms with Gasteiger partial charge in [-0.1, -0.05) is 65.5 Å². The fraction of sp³-hybridized carbons (Fsp3) is 1.00. The molecule has 2 saturated heterocycles. The summed E-state index contributed by atoms with van der Waals surface area (Å²) in [6.07, 6.45) is 21.6. The second-order valence-electron chi connectivity index (χ2n) is 17.9. The Balaban J connectivity index is 1.20. The summed E-state index contributed by atoms with van der Waals surface area (Å²) in [5.74, 6) is 10.4. The quantitative estimate of drug-likeness (QED) is 0.318. The molecular weight excluding hydrogens is 488 g/mol. The van der Waals surface area contributed by atoms with Gasteiger partial charge in [0.2, 0.25) is 0 Å². The molecule has 2 heterocycles. The SMILES string of the molecule is CC1CCC2C(C1)C1C3CCCCC3C([Si](C)(C)C3C4CCCCC4C4C5CC(C)CCC5N(C)C43)C1N2C. The van der Waals surface area contributed by atoms with Crippen LogP contribution in [0.3, 0.4) is 0 Å². The van der Waals surface area contributed by atoms with E-state index in [9.17, 15) is 0 Å². The summed E-state index contributed by atoms with van der Waals surface area (Å²) in [6, 6.07) is 3.72. The molecule has 6 saturated carbocycles. The summed E-state index contributed by atoms with van der Waals surface area (Å²) in [6.45, 7) is 11.2. The minimum Gasteiger partial charge on any atom is -0.300 e. The first-order chi connectivity index (χ1) is 18.8. The molecule has 0 amide bonds. The zero-order valence-corrected chi connectivity index (χ0v) is 27.5. The minimum atomic E-state index is -1.55. The zero-order chi connectivity index (χ0) is 26.8. The standard InChI is InChI=1S/C36H62N2Si/c1-21-15-17-29-27(19-21)31-23-11-7-9-13-25(23)35(33(31)37(29)3)39(5,6)36-26-14-10-8-12-24(26)32-28-20-22(2)16-18-30(28)38(4)34(32)36/h21-36H,7-20H2,1-6H3. The first kappa shape index (κ1) is 26.7. The van der Waals surface area contributed by atoms with E-state index in [0.717, 1.165) is 94.4 Å². The van der Waals surface area contributed by atoms with Crippen LogP contribution < -0.4 is 0 Å². The maximum Gasteiger partial charge on any atom is 0.0574 e. The van der Waals surface area contributed by atoms with Crippen LogP contribution in [0.15, 0.2) is 0 Å². The van der Waals surface area contributed by atoms with Crippen molar-refractivity contribution in [2.24, 2.45) is 59.2 Å². The first-order valence-electron chi connectivity index (χ1n) is 18.2. The molecular formula is C36H62N2Si. The lowest BCUT2D eigenvalue weighted by molar-refractivity contribution is 0.111. The van der Waals surface area contributed by atoms with E-state index in [-0.39, 0.29) is 0 Å². The molecule has 220 valence electrons. The summed E-state index contributed by atoms with van der Waals surface area (Å²) >= 11 is 0. The minimum absolute atomic E-state index is 0.920. The highest BCUT2D eigenvalue weighted by Gasteiger charge is 2.70. The van der Waals surface area contributed by atoms with E-state index in [4.69, 9.17) is 0 Å². The van der Waals surface area contributed by atoms with Crippen molar-refractivity contribution in [1.82, 2.24) is 9.80 Å². The maximum absolute atomic E-state index is 3.10. The van der Waals surface area contributed by atoms with Crippen molar-refractivity contribution in [3.8, 4) is 0 Å². The van der Waals surface area contributed by atoms with E-state index in [1.165, 1.54) is 25.7 Å². The van der Waals surface area contributed by atoms with Crippen LogP contribution in [0.25, 0.3) is 0 Å². The lowest BCUT2D eigenvalue weighted by Gasteiger charge is -2.51. The highest BCUT2D eigenvalue weighted by atomic mass is 28.3. The smallest absolute Gasteiger partial charge is 0.0574 e. The van der Waals surface area contributed by atoms with Crippen LogP contribution in [0.5, 0.6) is 0 Å². The topological polar surface area (TPSA) is 6.48 Å². The summed E-state index contributed by atoms with van der Waals surface area (Å²) < 4.78 is 0. The third kappa shape index (κ3) is 3.69. The van der Waals surface area contributed by atoms with E-state index < -0.39 is 8.07 Å². The summed E-state index contributed by atoms with van der Waals surface area (Å²) in [5, 5.41) is 0. The van der Waals surface area contributed by atoms with Gasteiger partial charge in [0.25, 0.3) is 0 Å². The van der Waals surface area contributed by atoms with E-state index in [1.807, 2.05) is 0 Å². The van der Waals surface area contributed by atoms with Gasteiger partial charge in [-0.3, -0.25) is 9.80 Å². The van der Waals surface area contributed by atoms with Gasteiger partial charge in [-0.05, 0) is 136 Å². The van der Waals surface area contributed by atoms with Crippen molar-refractivity contribution < 1.29 is 0 Å². The molecule has 8 aliphatic rings. The highest BCUT2D eigenvalue weighted by Crippen LogP contribution is 2.71. The van der Waals surface area contributed by atoms with Crippen molar-refractivity contribution in [3.05, 3.63) is 0 Å². The molecule has 0 aromatic rings. The molecule has 8 rings (SSSR count). The van der Waals surface area contributed by atoms with Crippen LogP contribution >= 0.6 is 0 Å². The molecule has 39 heavy (non-hydrogen) atoms. The van der Waals surface area contributed by atoms with E-state index in [2.05, 4.69) is 50.8 Å². The van der Waals surface area contributed by atoms with Gasteiger partial charge in [0, 0.05) is 24.2 Å². The van der Waals surface area contributed by atoms with Gasteiger partial charge >= 0.3 is 0 Å². The highest BCUT2D eigenvalue weighted by molar-refractivity contribution is 6.80. The molecule has 0 spiro atoms. The van der Waals surface area contributed by atoms with Crippen LogP contribution in [0, 0.1) is 59.2 Å². The molecule has 0 aromatic carbocycles. The van der Waals surface area contributed by atoms with Gasteiger partial charge in [0.1, 0.15) is 0 Å². The number of hydrogen-bond acceptors (Lipinski definition) is 2. The molecule has 16 unspecified atom stereocenters. The number of likely N-dealkylation sites (tertiary alicyclic amines) is 2. The van der Waals surface area contributed by atoms with Crippen LogP contribution in [0.4, 0.5) is 0 Å². The molecule has 2 nitrogen and oxygen atoms in total. The monoisotopic (exact) mass is 550 g/mol. The number of fused-ring (bicyclic) bond motifs is 10. The molecule has 0 aromatic heterocycles. The number of hydrogen-bond donors (Lipinski definition) is 0. The van der Waals surface area contributed by atoms with Crippen molar-refractivity contribution >= 4 is 8.07 Å². The molecule has 3 heteroatoms. The van der Waals surface area contributed by atoms with Crippen LogP contribution in [-0.2, 0) is 0 Å². The van der Waals surface area contributed by atoms with Crippen molar-refractivity contribution in [2.45, 2.75) is 152 Å². The Bertz CT molecular complexity index is 861. The van der Waals surface area contributed by atoms with Crippen molar-refractivity contribution in [3.63, 3.8) is 0 Å². The predicted octanol–water partition coefficient (Wildman–Crippen LogP) is 8.55. The molecule has 0 radical (unpaired) electrons. The molecule has 2 aliphatic heterocycles. The third-order valence-electron chi connectivity index (χ3n) is 16.1.